The van der Waals surface area contributed by atoms with Gasteiger partial charge in [0.15, 0.2) is 0 Å². The van der Waals surface area contributed by atoms with Crippen molar-refractivity contribution in [3.05, 3.63) is 35.3 Å². The minimum absolute atomic E-state index is 0.114. The molecule has 2 rings (SSSR count). The number of aliphatic carboxylic acids is 1. The van der Waals surface area contributed by atoms with Gasteiger partial charge in [-0.3, -0.25) is 4.79 Å². The zero-order chi connectivity index (χ0) is 14.4. The molecule has 0 unspecified atom stereocenters. The van der Waals surface area contributed by atoms with Gasteiger partial charge in [0.25, 0.3) is 0 Å². The zero-order valence-corrected chi connectivity index (χ0v) is 12.2. The van der Waals surface area contributed by atoms with E-state index >= 15 is 0 Å². The van der Waals surface area contributed by atoms with E-state index in [0.717, 1.165) is 28.4 Å². The van der Waals surface area contributed by atoms with Gasteiger partial charge in [-0.25, -0.2) is 4.98 Å². The fourth-order valence-electron chi connectivity index (χ4n) is 1.73. The Hall–Kier alpha value is -1.88. The minimum atomic E-state index is -0.797. The first-order valence-corrected chi connectivity index (χ1v) is 7.46. The number of aryl methyl sites for hydroxylation is 1. The van der Waals surface area contributed by atoms with Crippen molar-refractivity contribution < 1.29 is 14.6 Å². The van der Waals surface area contributed by atoms with Gasteiger partial charge in [0.2, 0.25) is 0 Å². The van der Waals surface area contributed by atoms with Crippen LogP contribution in [0.4, 0.5) is 0 Å². The molecule has 0 saturated carbocycles. The van der Waals surface area contributed by atoms with E-state index in [-0.39, 0.29) is 6.42 Å². The van der Waals surface area contributed by atoms with Crippen LogP contribution in [0.15, 0.2) is 29.6 Å². The molecular formula is C15H17NO3S. The Morgan fingerprint density at radius 2 is 2.30 bits per heavy atom. The van der Waals surface area contributed by atoms with Gasteiger partial charge < -0.3 is 9.84 Å². The second-order valence-electron chi connectivity index (χ2n) is 4.41. The van der Waals surface area contributed by atoms with Gasteiger partial charge in [-0.2, -0.15) is 0 Å². The van der Waals surface area contributed by atoms with E-state index in [2.05, 4.69) is 11.9 Å². The fourth-order valence-corrected chi connectivity index (χ4v) is 2.58. The van der Waals surface area contributed by atoms with Crippen LogP contribution >= 0.6 is 11.3 Å². The first-order chi connectivity index (χ1) is 9.69. The SMILES string of the molecule is CCCOc1cccc(-c2nc(CCC(=O)O)cs2)c1. The molecule has 0 aliphatic rings. The molecule has 0 bridgehead atoms. The van der Waals surface area contributed by atoms with Crippen LogP contribution in [0.25, 0.3) is 10.6 Å². The highest BCUT2D eigenvalue weighted by Crippen LogP contribution is 2.27. The van der Waals surface area contributed by atoms with Gasteiger partial charge in [-0.15, -0.1) is 11.3 Å². The Kier molecular flexibility index (Phi) is 5.12. The third-order valence-corrected chi connectivity index (χ3v) is 3.64. The van der Waals surface area contributed by atoms with Crippen LogP contribution in [-0.2, 0) is 11.2 Å². The molecule has 0 fully saturated rings. The number of hydrogen-bond donors (Lipinski definition) is 1. The Balaban J connectivity index is 2.09. The number of carboxylic acids is 1. The third kappa shape index (κ3) is 4.06. The Morgan fingerprint density at radius 3 is 3.05 bits per heavy atom. The molecule has 1 aromatic carbocycles. The van der Waals surface area contributed by atoms with Crippen LogP contribution in [0.2, 0.25) is 0 Å². The topological polar surface area (TPSA) is 59.4 Å². The molecule has 5 heteroatoms. The number of carboxylic acid groups (broad SMARTS) is 1. The molecule has 20 heavy (non-hydrogen) atoms. The third-order valence-electron chi connectivity index (χ3n) is 2.70. The summed E-state index contributed by atoms with van der Waals surface area (Å²) < 4.78 is 5.60. The smallest absolute Gasteiger partial charge is 0.303 e. The van der Waals surface area contributed by atoms with Crippen LogP contribution in [-0.4, -0.2) is 22.7 Å². The zero-order valence-electron chi connectivity index (χ0n) is 11.3. The van der Waals surface area contributed by atoms with Crippen LogP contribution < -0.4 is 4.74 Å². The van der Waals surface area contributed by atoms with Crippen molar-refractivity contribution >= 4 is 17.3 Å². The lowest BCUT2D eigenvalue weighted by Gasteiger charge is -2.05. The first kappa shape index (κ1) is 14.5. The average Bonchev–Trinajstić information content (AvgIpc) is 2.92. The van der Waals surface area contributed by atoms with Crippen molar-refractivity contribution in [1.29, 1.82) is 0 Å². The normalized spacial score (nSPS) is 10.4. The number of thiazole rings is 1. The maximum atomic E-state index is 10.6. The highest BCUT2D eigenvalue weighted by Gasteiger charge is 2.07. The molecule has 106 valence electrons. The Labute approximate surface area is 122 Å². The molecule has 0 radical (unpaired) electrons. The predicted molar refractivity (Wildman–Crippen MR) is 79.3 cm³/mol. The summed E-state index contributed by atoms with van der Waals surface area (Å²) in [6, 6.07) is 7.82. The maximum Gasteiger partial charge on any atom is 0.303 e. The largest absolute Gasteiger partial charge is 0.494 e. The Morgan fingerprint density at radius 1 is 1.45 bits per heavy atom. The van der Waals surface area contributed by atoms with Crippen LogP contribution in [0, 0.1) is 0 Å². The van der Waals surface area contributed by atoms with Gasteiger partial charge in [-0.1, -0.05) is 19.1 Å². The molecule has 0 amide bonds. The second kappa shape index (κ2) is 7.05. The molecule has 0 atom stereocenters. The summed E-state index contributed by atoms with van der Waals surface area (Å²) in [5, 5.41) is 11.5. The van der Waals surface area contributed by atoms with E-state index in [1.165, 1.54) is 11.3 Å². The lowest BCUT2D eigenvalue weighted by molar-refractivity contribution is -0.136. The number of aromatic nitrogens is 1. The highest BCUT2D eigenvalue weighted by molar-refractivity contribution is 7.13. The minimum Gasteiger partial charge on any atom is -0.494 e. The van der Waals surface area contributed by atoms with E-state index in [4.69, 9.17) is 9.84 Å². The monoisotopic (exact) mass is 291 g/mol. The summed E-state index contributed by atoms with van der Waals surface area (Å²) in [5.41, 5.74) is 1.83. The summed E-state index contributed by atoms with van der Waals surface area (Å²) >= 11 is 1.53. The molecule has 1 N–H and O–H groups in total. The van der Waals surface area contributed by atoms with Crippen LogP contribution in [0.5, 0.6) is 5.75 Å². The molecule has 0 aliphatic carbocycles. The molecule has 4 nitrogen and oxygen atoms in total. The molecule has 0 aliphatic heterocycles. The Bertz CT molecular complexity index is 580. The van der Waals surface area contributed by atoms with Crippen molar-refractivity contribution in [2.24, 2.45) is 0 Å². The van der Waals surface area contributed by atoms with Gasteiger partial charge in [-0.05, 0) is 18.6 Å². The lowest BCUT2D eigenvalue weighted by Crippen LogP contribution is -1.97. The molecule has 0 spiro atoms. The number of carbonyl (C=O) groups is 1. The summed E-state index contributed by atoms with van der Waals surface area (Å²) in [4.78, 5) is 15.0. The summed E-state index contributed by atoms with van der Waals surface area (Å²) in [6.07, 6.45) is 1.56. The standard InChI is InChI=1S/C15H17NO3S/c1-2-8-19-13-5-3-4-11(9-13)15-16-12(10-20-15)6-7-14(17)18/h3-5,9-10H,2,6-8H2,1H3,(H,17,18). The summed E-state index contributed by atoms with van der Waals surface area (Å²) in [5.74, 6) is 0.0427. The molecule has 1 aromatic heterocycles. The van der Waals surface area contributed by atoms with Crippen molar-refractivity contribution in [2.75, 3.05) is 6.61 Å². The van der Waals surface area contributed by atoms with E-state index in [1.807, 2.05) is 29.6 Å². The van der Waals surface area contributed by atoms with E-state index in [0.29, 0.717) is 13.0 Å². The molecule has 2 aromatic rings. The number of benzene rings is 1. The summed E-state index contributed by atoms with van der Waals surface area (Å²) in [7, 11) is 0. The van der Waals surface area contributed by atoms with Crippen LogP contribution in [0.1, 0.15) is 25.5 Å². The van der Waals surface area contributed by atoms with Gasteiger partial charge >= 0.3 is 5.97 Å². The lowest BCUT2D eigenvalue weighted by atomic mass is 10.2. The first-order valence-electron chi connectivity index (χ1n) is 6.58. The average molecular weight is 291 g/mol. The predicted octanol–water partition coefficient (Wildman–Crippen LogP) is 3.62. The quantitative estimate of drug-likeness (QED) is 0.846. The number of ether oxygens (including phenoxy) is 1. The maximum absolute atomic E-state index is 10.6. The summed E-state index contributed by atoms with van der Waals surface area (Å²) in [6.45, 7) is 2.77. The van der Waals surface area contributed by atoms with E-state index in [9.17, 15) is 4.79 Å². The van der Waals surface area contributed by atoms with Crippen molar-refractivity contribution in [3.8, 4) is 16.3 Å². The molecule has 0 saturated heterocycles. The van der Waals surface area contributed by atoms with E-state index < -0.39 is 5.97 Å². The highest BCUT2D eigenvalue weighted by atomic mass is 32.1. The number of nitrogens with zero attached hydrogens (tertiary/aromatic N) is 1. The van der Waals surface area contributed by atoms with E-state index in [1.54, 1.807) is 0 Å². The van der Waals surface area contributed by atoms with Gasteiger partial charge in [0.05, 0.1) is 18.7 Å². The van der Waals surface area contributed by atoms with Gasteiger partial charge in [0, 0.05) is 17.4 Å². The van der Waals surface area contributed by atoms with Crippen molar-refractivity contribution in [3.63, 3.8) is 0 Å². The number of hydrogen-bond acceptors (Lipinski definition) is 4. The molecular weight excluding hydrogens is 274 g/mol. The van der Waals surface area contributed by atoms with Crippen molar-refractivity contribution in [1.82, 2.24) is 4.98 Å². The fraction of sp³-hybridized carbons (Fsp3) is 0.333. The number of rotatable bonds is 7. The van der Waals surface area contributed by atoms with Crippen molar-refractivity contribution in [2.45, 2.75) is 26.2 Å². The van der Waals surface area contributed by atoms with Crippen LogP contribution in [0.3, 0.4) is 0 Å². The second-order valence-corrected chi connectivity index (χ2v) is 5.27. The molecule has 1 heterocycles. The van der Waals surface area contributed by atoms with Gasteiger partial charge in [0.1, 0.15) is 10.8 Å².